The van der Waals surface area contributed by atoms with E-state index in [1.165, 1.54) is 12.8 Å². The van der Waals surface area contributed by atoms with Crippen molar-refractivity contribution in [3.63, 3.8) is 0 Å². The predicted molar refractivity (Wildman–Crippen MR) is 88.8 cm³/mol. The van der Waals surface area contributed by atoms with E-state index in [2.05, 4.69) is 0 Å². The fourth-order valence-electron chi connectivity index (χ4n) is 2.81. The average molecular weight is 315 g/mol. The number of carbonyl (C=O) groups excluding carboxylic acids is 1. The van der Waals surface area contributed by atoms with Gasteiger partial charge in [0.15, 0.2) is 5.78 Å². The van der Waals surface area contributed by atoms with E-state index in [-0.39, 0.29) is 5.78 Å². The lowest BCUT2D eigenvalue weighted by molar-refractivity contribution is 0.0993. The Morgan fingerprint density at radius 2 is 1.64 bits per heavy atom. The maximum atomic E-state index is 12.3. The fourth-order valence-corrected chi connectivity index (χ4v) is 2.93. The molecule has 1 saturated carbocycles. The normalized spacial score (nSPS) is 15.0. The van der Waals surface area contributed by atoms with E-state index in [4.69, 9.17) is 16.3 Å². The molecule has 0 saturated heterocycles. The lowest BCUT2D eigenvalue weighted by Gasteiger charge is -2.13. The summed E-state index contributed by atoms with van der Waals surface area (Å²) in [5, 5.41) is 0.685. The zero-order chi connectivity index (χ0) is 15.4. The standard InChI is InChI=1S/C19H19ClO2/c20-16-9-5-14(6-10-16)13-19(21)15-7-11-18(12-8-15)22-17-3-1-2-4-17/h5-12,17H,1-4,13H2. The lowest BCUT2D eigenvalue weighted by atomic mass is 10.0. The molecule has 3 heteroatoms. The Kier molecular flexibility index (Phi) is 4.79. The van der Waals surface area contributed by atoms with E-state index in [1.807, 2.05) is 48.5 Å². The van der Waals surface area contributed by atoms with Crippen LogP contribution in [-0.2, 0) is 6.42 Å². The quantitative estimate of drug-likeness (QED) is 0.719. The van der Waals surface area contributed by atoms with Crippen LogP contribution in [-0.4, -0.2) is 11.9 Å². The molecule has 0 aromatic heterocycles. The van der Waals surface area contributed by atoms with Crippen LogP contribution < -0.4 is 4.74 Å². The largest absolute Gasteiger partial charge is 0.490 e. The molecule has 2 nitrogen and oxygen atoms in total. The summed E-state index contributed by atoms with van der Waals surface area (Å²) in [6.07, 6.45) is 5.51. The molecule has 0 amide bonds. The summed E-state index contributed by atoms with van der Waals surface area (Å²) in [7, 11) is 0. The summed E-state index contributed by atoms with van der Waals surface area (Å²) in [6, 6.07) is 14.9. The first-order valence-corrected chi connectivity index (χ1v) is 8.13. The highest BCUT2D eigenvalue weighted by Gasteiger charge is 2.16. The van der Waals surface area contributed by atoms with Gasteiger partial charge in [0.05, 0.1) is 6.10 Å². The molecule has 0 spiro atoms. The Hall–Kier alpha value is -1.80. The zero-order valence-electron chi connectivity index (χ0n) is 12.4. The van der Waals surface area contributed by atoms with Crippen molar-refractivity contribution in [2.75, 3.05) is 0 Å². The highest BCUT2D eigenvalue weighted by molar-refractivity contribution is 6.30. The Balaban J connectivity index is 1.61. The molecule has 3 rings (SSSR count). The molecule has 2 aromatic carbocycles. The molecular formula is C19H19ClO2. The molecule has 114 valence electrons. The van der Waals surface area contributed by atoms with Gasteiger partial charge in [0.2, 0.25) is 0 Å². The van der Waals surface area contributed by atoms with Crippen molar-refractivity contribution >= 4 is 17.4 Å². The molecule has 0 aliphatic heterocycles. The number of halogens is 1. The van der Waals surface area contributed by atoms with Crippen LogP contribution in [0, 0.1) is 0 Å². The number of benzene rings is 2. The molecule has 0 N–H and O–H groups in total. The number of hydrogen-bond donors (Lipinski definition) is 0. The Bertz CT molecular complexity index is 625. The van der Waals surface area contributed by atoms with Gasteiger partial charge in [0.25, 0.3) is 0 Å². The first-order chi connectivity index (χ1) is 10.7. The second-order valence-corrected chi connectivity index (χ2v) is 6.21. The maximum Gasteiger partial charge on any atom is 0.167 e. The first kappa shape index (κ1) is 15.1. The van der Waals surface area contributed by atoms with E-state index in [0.29, 0.717) is 23.1 Å². The molecule has 1 aliphatic carbocycles. The third kappa shape index (κ3) is 3.89. The fraction of sp³-hybridized carbons (Fsp3) is 0.316. The minimum Gasteiger partial charge on any atom is -0.490 e. The summed E-state index contributed by atoms with van der Waals surface area (Å²) in [4.78, 5) is 12.3. The van der Waals surface area contributed by atoms with Crippen molar-refractivity contribution in [1.82, 2.24) is 0 Å². The van der Waals surface area contributed by atoms with Crippen LogP contribution in [0.4, 0.5) is 0 Å². The second kappa shape index (κ2) is 6.97. The Morgan fingerprint density at radius 1 is 1.00 bits per heavy atom. The van der Waals surface area contributed by atoms with Crippen LogP contribution >= 0.6 is 11.6 Å². The summed E-state index contributed by atoms with van der Waals surface area (Å²) in [6.45, 7) is 0. The van der Waals surface area contributed by atoms with Gasteiger partial charge in [-0.15, -0.1) is 0 Å². The van der Waals surface area contributed by atoms with Crippen molar-refractivity contribution in [1.29, 1.82) is 0 Å². The number of Topliss-reactive ketones (excluding diaryl/α,β-unsaturated/α-hetero) is 1. The van der Waals surface area contributed by atoms with Gasteiger partial charge >= 0.3 is 0 Å². The monoisotopic (exact) mass is 314 g/mol. The molecule has 0 unspecified atom stereocenters. The molecule has 0 heterocycles. The van der Waals surface area contributed by atoms with Crippen molar-refractivity contribution in [2.24, 2.45) is 0 Å². The number of hydrogen-bond acceptors (Lipinski definition) is 2. The number of ether oxygens (including phenoxy) is 1. The molecule has 1 aliphatic rings. The van der Waals surface area contributed by atoms with Crippen molar-refractivity contribution in [3.05, 3.63) is 64.7 Å². The van der Waals surface area contributed by atoms with Gasteiger partial charge < -0.3 is 4.74 Å². The van der Waals surface area contributed by atoms with Crippen LogP contribution in [0.25, 0.3) is 0 Å². The predicted octanol–water partition coefficient (Wildman–Crippen LogP) is 5.09. The Labute approximate surface area is 136 Å². The highest BCUT2D eigenvalue weighted by Crippen LogP contribution is 2.24. The molecule has 0 atom stereocenters. The first-order valence-electron chi connectivity index (χ1n) is 7.75. The highest BCUT2D eigenvalue weighted by atomic mass is 35.5. The third-order valence-electron chi connectivity index (χ3n) is 4.06. The maximum absolute atomic E-state index is 12.3. The lowest BCUT2D eigenvalue weighted by Crippen LogP contribution is -2.11. The number of rotatable bonds is 5. The average Bonchev–Trinajstić information content (AvgIpc) is 3.03. The molecular weight excluding hydrogens is 296 g/mol. The molecule has 22 heavy (non-hydrogen) atoms. The zero-order valence-corrected chi connectivity index (χ0v) is 13.2. The second-order valence-electron chi connectivity index (χ2n) is 5.78. The van der Waals surface area contributed by atoms with E-state index in [9.17, 15) is 4.79 Å². The van der Waals surface area contributed by atoms with Gasteiger partial charge in [-0.2, -0.15) is 0 Å². The van der Waals surface area contributed by atoms with Gasteiger partial charge in [-0.1, -0.05) is 23.7 Å². The van der Waals surface area contributed by atoms with Crippen LogP contribution in [0.5, 0.6) is 5.75 Å². The molecule has 0 radical (unpaired) electrons. The van der Waals surface area contributed by atoms with E-state index in [1.54, 1.807) is 0 Å². The summed E-state index contributed by atoms with van der Waals surface area (Å²) < 4.78 is 5.92. The van der Waals surface area contributed by atoms with E-state index in [0.717, 1.165) is 24.2 Å². The minimum absolute atomic E-state index is 0.106. The van der Waals surface area contributed by atoms with Crippen LogP contribution in [0.15, 0.2) is 48.5 Å². The summed E-state index contributed by atoms with van der Waals surface area (Å²) >= 11 is 5.85. The van der Waals surface area contributed by atoms with E-state index >= 15 is 0 Å². The van der Waals surface area contributed by atoms with Crippen molar-refractivity contribution < 1.29 is 9.53 Å². The van der Waals surface area contributed by atoms with E-state index < -0.39 is 0 Å². The van der Waals surface area contributed by atoms with Gasteiger partial charge in [-0.05, 0) is 67.6 Å². The third-order valence-corrected chi connectivity index (χ3v) is 4.31. The summed E-state index contributed by atoms with van der Waals surface area (Å²) in [5.41, 5.74) is 1.69. The number of ketones is 1. The summed E-state index contributed by atoms with van der Waals surface area (Å²) in [5.74, 6) is 0.963. The SMILES string of the molecule is O=C(Cc1ccc(Cl)cc1)c1ccc(OC2CCCC2)cc1. The van der Waals surface area contributed by atoms with Crippen molar-refractivity contribution in [2.45, 2.75) is 38.2 Å². The molecule has 0 bridgehead atoms. The topological polar surface area (TPSA) is 26.3 Å². The van der Waals surface area contributed by atoms with Crippen LogP contribution in [0.1, 0.15) is 41.6 Å². The van der Waals surface area contributed by atoms with Crippen LogP contribution in [0.2, 0.25) is 5.02 Å². The Morgan fingerprint density at radius 3 is 2.27 bits per heavy atom. The molecule has 1 fully saturated rings. The van der Waals surface area contributed by atoms with Crippen LogP contribution in [0.3, 0.4) is 0 Å². The van der Waals surface area contributed by atoms with Crippen molar-refractivity contribution in [3.8, 4) is 5.75 Å². The minimum atomic E-state index is 0.106. The van der Waals surface area contributed by atoms with Gasteiger partial charge in [-0.3, -0.25) is 4.79 Å². The van der Waals surface area contributed by atoms with Gasteiger partial charge in [0.1, 0.15) is 5.75 Å². The van der Waals surface area contributed by atoms with Gasteiger partial charge in [0, 0.05) is 17.0 Å². The smallest absolute Gasteiger partial charge is 0.167 e. The molecule has 2 aromatic rings. The number of carbonyl (C=O) groups is 1. The van der Waals surface area contributed by atoms with Gasteiger partial charge in [-0.25, -0.2) is 0 Å².